The molecule has 1 aliphatic rings. The van der Waals surface area contributed by atoms with Gasteiger partial charge in [0.2, 0.25) is 0 Å². The Hall–Kier alpha value is -3.24. The molecule has 1 aromatic carbocycles. The molecule has 0 aliphatic heterocycles. The van der Waals surface area contributed by atoms with E-state index in [1.54, 1.807) is 24.3 Å². The number of amides is 2. The van der Waals surface area contributed by atoms with Crippen LogP contribution in [0.4, 0.5) is 5.00 Å². The molecule has 0 saturated heterocycles. The van der Waals surface area contributed by atoms with E-state index in [-0.39, 0.29) is 12.2 Å². The second-order valence-corrected chi connectivity index (χ2v) is 9.75. The van der Waals surface area contributed by atoms with Crippen molar-refractivity contribution < 1.29 is 23.9 Å². The van der Waals surface area contributed by atoms with Gasteiger partial charge < -0.3 is 20.5 Å². The number of thiophene rings is 1. The molecule has 0 unspecified atom stereocenters. The number of benzene rings is 1. The summed E-state index contributed by atoms with van der Waals surface area (Å²) >= 11 is 2.90. The van der Waals surface area contributed by atoms with Gasteiger partial charge in [-0.3, -0.25) is 9.59 Å². The topological polar surface area (TPSA) is 121 Å². The SMILES string of the molecule is Cc1nc(COc2cccc(C(=O)OCC(=O)Nc3sc4c(c3C(N)=O)CCCC4)c2)cs1. The molecule has 4 rings (SSSR count). The summed E-state index contributed by atoms with van der Waals surface area (Å²) < 4.78 is 10.8. The molecule has 10 heteroatoms. The van der Waals surface area contributed by atoms with Gasteiger partial charge in [-0.05, 0) is 56.4 Å². The van der Waals surface area contributed by atoms with Gasteiger partial charge in [0, 0.05) is 10.3 Å². The first-order valence-corrected chi connectivity index (χ1v) is 12.2. The van der Waals surface area contributed by atoms with Crippen molar-refractivity contribution in [2.75, 3.05) is 11.9 Å². The molecule has 1 aliphatic carbocycles. The maximum Gasteiger partial charge on any atom is 0.338 e. The molecule has 3 aromatic rings. The number of aryl methyl sites for hydroxylation is 2. The summed E-state index contributed by atoms with van der Waals surface area (Å²) in [5.74, 6) is -1.25. The number of nitrogens with two attached hydrogens (primary N) is 1. The molecule has 2 heterocycles. The summed E-state index contributed by atoms with van der Waals surface area (Å²) in [5.41, 5.74) is 7.92. The molecule has 0 spiro atoms. The molecule has 8 nitrogen and oxygen atoms in total. The van der Waals surface area contributed by atoms with Crippen LogP contribution >= 0.6 is 22.7 Å². The highest BCUT2D eigenvalue weighted by Crippen LogP contribution is 2.37. The van der Waals surface area contributed by atoms with Gasteiger partial charge in [0.15, 0.2) is 6.61 Å². The normalized spacial score (nSPS) is 12.6. The Morgan fingerprint density at radius 3 is 2.79 bits per heavy atom. The molecule has 2 aromatic heterocycles. The average Bonchev–Trinajstić information content (AvgIpc) is 3.38. The minimum atomic E-state index is -0.652. The summed E-state index contributed by atoms with van der Waals surface area (Å²) in [4.78, 5) is 42.2. The highest BCUT2D eigenvalue weighted by molar-refractivity contribution is 7.17. The fraction of sp³-hybridized carbons (Fsp3) is 0.304. The summed E-state index contributed by atoms with van der Waals surface area (Å²) in [7, 11) is 0. The fourth-order valence-corrected chi connectivity index (χ4v) is 5.54. The van der Waals surface area contributed by atoms with E-state index in [4.69, 9.17) is 15.2 Å². The first-order chi connectivity index (χ1) is 15.9. The Kier molecular flexibility index (Phi) is 7.05. The number of hydrogen-bond acceptors (Lipinski definition) is 8. The fourth-order valence-electron chi connectivity index (χ4n) is 3.64. The third-order valence-corrected chi connectivity index (χ3v) is 7.16. The molecule has 172 valence electrons. The Labute approximate surface area is 198 Å². The summed E-state index contributed by atoms with van der Waals surface area (Å²) in [5, 5.41) is 5.97. The Morgan fingerprint density at radius 2 is 2.03 bits per heavy atom. The summed E-state index contributed by atoms with van der Waals surface area (Å²) in [6.45, 7) is 1.73. The molecule has 33 heavy (non-hydrogen) atoms. The number of fused-ring (bicyclic) bond motifs is 1. The van der Waals surface area contributed by atoms with Crippen LogP contribution in [0.3, 0.4) is 0 Å². The number of nitrogens with zero attached hydrogens (tertiary/aromatic N) is 1. The second kappa shape index (κ2) is 10.1. The molecular formula is C23H23N3O5S2. The molecule has 0 saturated carbocycles. The molecule has 0 fully saturated rings. The van der Waals surface area contributed by atoms with Crippen LogP contribution in [0.2, 0.25) is 0 Å². The first-order valence-electron chi connectivity index (χ1n) is 10.5. The quantitative estimate of drug-likeness (QED) is 0.467. The predicted molar refractivity (Wildman–Crippen MR) is 126 cm³/mol. The Balaban J connectivity index is 1.34. The van der Waals surface area contributed by atoms with Crippen LogP contribution in [0, 0.1) is 6.92 Å². The largest absolute Gasteiger partial charge is 0.487 e. The van der Waals surface area contributed by atoms with Crippen molar-refractivity contribution in [2.24, 2.45) is 5.73 Å². The maximum absolute atomic E-state index is 12.4. The van der Waals surface area contributed by atoms with E-state index in [0.29, 0.717) is 16.3 Å². The lowest BCUT2D eigenvalue weighted by Crippen LogP contribution is -2.23. The van der Waals surface area contributed by atoms with Gasteiger partial charge in [0.25, 0.3) is 11.8 Å². The van der Waals surface area contributed by atoms with Gasteiger partial charge >= 0.3 is 5.97 Å². The van der Waals surface area contributed by atoms with Crippen LogP contribution < -0.4 is 15.8 Å². The number of rotatable bonds is 8. The highest BCUT2D eigenvalue weighted by atomic mass is 32.1. The number of ether oxygens (including phenoxy) is 2. The highest BCUT2D eigenvalue weighted by Gasteiger charge is 2.25. The zero-order chi connectivity index (χ0) is 23.4. The van der Waals surface area contributed by atoms with E-state index < -0.39 is 24.4 Å². The lowest BCUT2D eigenvalue weighted by Gasteiger charge is -2.11. The average molecular weight is 486 g/mol. The van der Waals surface area contributed by atoms with E-state index >= 15 is 0 Å². The van der Waals surface area contributed by atoms with Gasteiger partial charge in [-0.25, -0.2) is 9.78 Å². The molecule has 0 radical (unpaired) electrons. The number of thiazole rings is 1. The van der Waals surface area contributed by atoms with Crippen LogP contribution in [0.15, 0.2) is 29.6 Å². The van der Waals surface area contributed by atoms with Gasteiger partial charge in [-0.1, -0.05) is 6.07 Å². The van der Waals surface area contributed by atoms with Crippen LogP contribution in [0.25, 0.3) is 0 Å². The van der Waals surface area contributed by atoms with Crippen molar-refractivity contribution >= 4 is 45.5 Å². The van der Waals surface area contributed by atoms with Gasteiger partial charge in [-0.2, -0.15) is 0 Å². The predicted octanol–water partition coefficient (Wildman–Crippen LogP) is 3.87. The minimum absolute atomic E-state index is 0.263. The standard InChI is InChI=1S/C23H23N3O5S2/c1-13-25-15(12-32-13)10-30-16-6-4-5-14(9-16)23(29)31-11-19(27)26-22-20(21(24)28)17-7-2-3-8-18(17)33-22/h4-6,9,12H,2-3,7-8,10-11H2,1H3,(H2,24,28)(H,26,27). The molecular weight excluding hydrogens is 462 g/mol. The van der Waals surface area contributed by atoms with Crippen LogP contribution in [-0.4, -0.2) is 29.4 Å². The minimum Gasteiger partial charge on any atom is -0.487 e. The Morgan fingerprint density at radius 1 is 1.21 bits per heavy atom. The lowest BCUT2D eigenvalue weighted by atomic mass is 9.95. The number of primary amides is 1. The number of anilines is 1. The van der Waals surface area contributed by atoms with Crippen LogP contribution in [-0.2, 0) is 29.0 Å². The van der Waals surface area contributed by atoms with Crippen molar-refractivity contribution in [1.29, 1.82) is 0 Å². The smallest absolute Gasteiger partial charge is 0.338 e. The molecule has 0 bridgehead atoms. The van der Waals surface area contributed by atoms with Crippen molar-refractivity contribution in [3.63, 3.8) is 0 Å². The van der Waals surface area contributed by atoms with Gasteiger partial charge in [-0.15, -0.1) is 22.7 Å². The van der Waals surface area contributed by atoms with E-state index in [0.717, 1.165) is 46.8 Å². The number of nitrogens with one attached hydrogen (secondary N) is 1. The summed E-state index contributed by atoms with van der Waals surface area (Å²) in [6, 6.07) is 6.54. The monoisotopic (exact) mass is 485 g/mol. The van der Waals surface area contributed by atoms with Crippen molar-refractivity contribution in [3.8, 4) is 5.75 Å². The number of esters is 1. The van der Waals surface area contributed by atoms with Crippen molar-refractivity contribution in [1.82, 2.24) is 4.98 Å². The molecule has 0 atom stereocenters. The van der Waals surface area contributed by atoms with Crippen molar-refractivity contribution in [2.45, 2.75) is 39.2 Å². The Bertz CT molecular complexity index is 1200. The number of hydrogen-bond donors (Lipinski definition) is 2. The second-order valence-electron chi connectivity index (χ2n) is 7.58. The molecule has 3 N–H and O–H groups in total. The van der Waals surface area contributed by atoms with Crippen molar-refractivity contribution in [3.05, 3.63) is 61.9 Å². The zero-order valence-electron chi connectivity index (χ0n) is 18.0. The van der Waals surface area contributed by atoms with E-state index in [1.807, 2.05) is 12.3 Å². The third-order valence-electron chi connectivity index (χ3n) is 5.13. The van der Waals surface area contributed by atoms with Gasteiger partial charge in [0.05, 0.1) is 21.8 Å². The number of aromatic nitrogens is 1. The van der Waals surface area contributed by atoms with E-state index in [1.165, 1.54) is 22.7 Å². The molecule has 2 amide bonds. The first kappa shape index (κ1) is 22.9. The van der Waals surface area contributed by atoms with E-state index in [9.17, 15) is 14.4 Å². The number of carbonyl (C=O) groups is 3. The zero-order valence-corrected chi connectivity index (χ0v) is 19.6. The van der Waals surface area contributed by atoms with Crippen LogP contribution in [0.5, 0.6) is 5.75 Å². The van der Waals surface area contributed by atoms with E-state index in [2.05, 4.69) is 10.3 Å². The summed E-state index contributed by atoms with van der Waals surface area (Å²) in [6.07, 6.45) is 3.67. The number of carbonyl (C=O) groups excluding carboxylic acids is 3. The lowest BCUT2D eigenvalue weighted by molar-refractivity contribution is -0.119. The third kappa shape index (κ3) is 5.58. The van der Waals surface area contributed by atoms with Gasteiger partial charge in [0.1, 0.15) is 17.4 Å². The van der Waals surface area contributed by atoms with Crippen LogP contribution in [0.1, 0.15) is 54.7 Å². The maximum atomic E-state index is 12.4.